The maximum atomic E-state index is 10.9. The van der Waals surface area contributed by atoms with Gasteiger partial charge >= 0.3 is 0 Å². The Balaban J connectivity index is 1.97. The molecule has 4 nitrogen and oxygen atoms in total. The van der Waals surface area contributed by atoms with Gasteiger partial charge in [0.1, 0.15) is 0 Å². The van der Waals surface area contributed by atoms with Crippen LogP contribution in [0.5, 0.6) is 0 Å². The van der Waals surface area contributed by atoms with Crippen molar-refractivity contribution in [2.45, 2.75) is 19.8 Å². The predicted molar refractivity (Wildman–Crippen MR) is 77.0 cm³/mol. The van der Waals surface area contributed by atoms with Crippen LogP contribution in [0.25, 0.3) is 6.08 Å². The average Bonchev–Trinajstić information content (AvgIpc) is 2.39. The summed E-state index contributed by atoms with van der Waals surface area (Å²) in [5.74, 6) is 0.758. The molecular weight excluding hydrogens is 240 g/mol. The van der Waals surface area contributed by atoms with E-state index in [4.69, 9.17) is 0 Å². The highest BCUT2D eigenvalue weighted by molar-refractivity contribution is 5.60. The molecule has 102 valence electrons. The topological polar surface area (TPSA) is 46.4 Å². The first kappa shape index (κ1) is 13.7. The molecule has 1 aromatic carbocycles. The van der Waals surface area contributed by atoms with E-state index < -0.39 is 0 Å². The van der Waals surface area contributed by atoms with E-state index in [9.17, 15) is 10.1 Å². The van der Waals surface area contributed by atoms with Gasteiger partial charge in [0.05, 0.1) is 10.5 Å². The van der Waals surface area contributed by atoms with Crippen LogP contribution in [0, 0.1) is 16.0 Å². The summed E-state index contributed by atoms with van der Waals surface area (Å²) in [5.41, 5.74) is 0.850. The van der Waals surface area contributed by atoms with Gasteiger partial charge in [0.15, 0.2) is 0 Å². The summed E-state index contributed by atoms with van der Waals surface area (Å²) in [4.78, 5) is 13.0. The van der Waals surface area contributed by atoms with Gasteiger partial charge in [-0.1, -0.05) is 31.2 Å². The first-order valence-corrected chi connectivity index (χ1v) is 6.79. The fourth-order valence-corrected chi connectivity index (χ4v) is 2.58. The lowest BCUT2D eigenvalue weighted by Crippen LogP contribution is -2.34. The second-order valence-corrected chi connectivity index (χ2v) is 5.23. The molecule has 1 fully saturated rings. The van der Waals surface area contributed by atoms with Gasteiger partial charge in [0.2, 0.25) is 0 Å². The van der Waals surface area contributed by atoms with Gasteiger partial charge in [-0.15, -0.1) is 0 Å². The van der Waals surface area contributed by atoms with Crippen LogP contribution < -0.4 is 0 Å². The number of rotatable bonds is 4. The zero-order chi connectivity index (χ0) is 13.7. The van der Waals surface area contributed by atoms with Crippen molar-refractivity contribution in [2.75, 3.05) is 19.6 Å². The predicted octanol–water partition coefficient (Wildman–Crippen LogP) is 3.34. The summed E-state index contributed by atoms with van der Waals surface area (Å²) in [6, 6.07) is 6.85. The van der Waals surface area contributed by atoms with Crippen LogP contribution in [0.1, 0.15) is 25.3 Å². The fraction of sp³-hybridized carbons (Fsp3) is 0.467. The molecule has 0 aliphatic carbocycles. The number of nitro benzene ring substituents is 1. The van der Waals surface area contributed by atoms with Gasteiger partial charge in [0, 0.05) is 19.2 Å². The molecule has 1 atom stereocenters. The molecule has 0 aromatic heterocycles. The van der Waals surface area contributed by atoms with Crippen LogP contribution in [0.15, 0.2) is 30.3 Å². The minimum atomic E-state index is -0.331. The standard InChI is InChI=1S/C15H20N2O2/c1-13-6-4-10-16(12-13)11-5-8-14-7-2-3-9-15(14)17(18)19/h2-3,5,7-9,13H,4,6,10-12H2,1H3/b8-5+. The minimum absolute atomic E-state index is 0.172. The molecule has 0 N–H and O–H groups in total. The van der Waals surface area contributed by atoms with Crippen LogP contribution in [0.4, 0.5) is 5.69 Å². The van der Waals surface area contributed by atoms with Gasteiger partial charge in [-0.3, -0.25) is 15.0 Å². The molecular formula is C15H20N2O2. The monoisotopic (exact) mass is 260 g/mol. The Morgan fingerprint density at radius 2 is 2.26 bits per heavy atom. The third kappa shape index (κ3) is 3.89. The number of hydrogen-bond acceptors (Lipinski definition) is 3. The lowest BCUT2D eigenvalue weighted by atomic mass is 10.0. The molecule has 1 heterocycles. The number of para-hydroxylation sites is 1. The third-order valence-corrected chi connectivity index (χ3v) is 3.54. The Labute approximate surface area is 113 Å². The largest absolute Gasteiger partial charge is 0.299 e. The summed E-state index contributed by atoms with van der Waals surface area (Å²) >= 11 is 0. The Morgan fingerprint density at radius 3 is 3.00 bits per heavy atom. The van der Waals surface area contributed by atoms with Gasteiger partial charge in [-0.25, -0.2) is 0 Å². The minimum Gasteiger partial charge on any atom is -0.299 e. The summed E-state index contributed by atoms with van der Waals surface area (Å²) < 4.78 is 0. The van der Waals surface area contributed by atoms with E-state index in [0.717, 1.165) is 25.6 Å². The van der Waals surface area contributed by atoms with E-state index in [-0.39, 0.29) is 10.6 Å². The van der Waals surface area contributed by atoms with Crippen molar-refractivity contribution < 1.29 is 4.92 Å². The second kappa shape index (κ2) is 6.48. The molecule has 1 unspecified atom stereocenters. The van der Waals surface area contributed by atoms with Gasteiger partial charge in [-0.2, -0.15) is 0 Å². The van der Waals surface area contributed by atoms with Crippen LogP contribution in [0.2, 0.25) is 0 Å². The molecule has 0 amide bonds. The number of benzene rings is 1. The van der Waals surface area contributed by atoms with Crippen LogP contribution >= 0.6 is 0 Å². The van der Waals surface area contributed by atoms with E-state index in [1.54, 1.807) is 18.2 Å². The summed E-state index contributed by atoms with van der Waals surface area (Å²) in [5, 5.41) is 10.9. The highest BCUT2D eigenvalue weighted by Gasteiger charge is 2.15. The summed E-state index contributed by atoms with van der Waals surface area (Å²) in [6.45, 7) is 5.40. The van der Waals surface area contributed by atoms with Crippen molar-refractivity contribution in [1.29, 1.82) is 0 Å². The first-order chi connectivity index (χ1) is 9.16. The normalized spacial score (nSPS) is 20.8. The molecule has 1 aromatic rings. The molecule has 1 aliphatic heterocycles. The van der Waals surface area contributed by atoms with Gasteiger partial charge in [0.25, 0.3) is 5.69 Å². The first-order valence-electron chi connectivity index (χ1n) is 6.79. The quantitative estimate of drug-likeness (QED) is 0.616. The smallest absolute Gasteiger partial charge is 0.276 e. The lowest BCUT2D eigenvalue weighted by Gasteiger charge is -2.29. The summed E-state index contributed by atoms with van der Waals surface area (Å²) in [6.07, 6.45) is 6.45. The molecule has 19 heavy (non-hydrogen) atoms. The van der Waals surface area contributed by atoms with E-state index in [2.05, 4.69) is 11.8 Å². The summed E-state index contributed by atoms with van der Waals surface area (Å²) in [7, 11) is 0. The van der Waals surface area contributed by atoms with E-state index in [1.807, 2.05) is 18.2 Å². The third-order valence-electron chi connectivity index (χ3n) is 3.54. The molecule has 0 spiro atoms. The van der Waals surface area contributed by atoms with E-state index >= 15 is 0 Å². The Hall–Kier alpha value is -1.68. The highest BCUT2D eigenvalue weighted by atomic mass is 16.6. The molecule has 2 rings (SSSR count). The van der Waals surface area contributed by atoms with Crippen molar-refractivity contribution >= 4 is 11.8 Å². The second-order valence-electron chi connectivity index (χ2n) is 5.23. The van der Waals surface area contributed by atoms with E-state index in [1.165, 1.54) is 12.8 Å². The number of piperidine rings is 1. The van der Waals surface area contributed by atoms with Crippen molar-refractivity contribution in [3.63, 3.8) is 0 Å². The Bertz CT molecular complexity index is 471. The zero-order valence-electron chi connectivity index (χ0n) is 11.3. The fourth-order valence-electron chi connectivity index (χ4n) is 2.58. The number of nitrogens with zero attached hydrogens (tertiary/aromatic N) is 2. The van der Waals surface area contributed by atoms with Crippen LogP contribution in [-0.2, 0) is 0 Å². The van der Waals surface area contributed by atoms with Crippen molar-refractivity contribution in [3.05, 3.63) is 46.0 Å². The van der Waals surface area contributed by atoms with Crippen molar-refractivity contribution in [3.8, 4) is 0 Å². The number of nitro groups is 1. The van der Waals surface area contributed by atoms with Gasteiger partial charge < -0.3 is 0 Å². The van der Waals surface area contributed by atoms with Crippen LogP contribution in [-0.4, -0.2) is 29.5 Å². The average molecular weight is 260 g/mol. The highest BCUT2D eigenvalue weighted by Crippen LogP contribution is 2.19. The number of hydrogen-bond donors (Lipinski definition) is 0. The molecule has 4 heteroatoms. The zero-order valence-corrected chi connectivity index (χ0v) is 11.3. The molecule has 0 saturated carbocycles. The molecule has 0 radical (unpaired) electrons. The van der Waals surface area contributed by atoms with Crippen LogP contribution in [0.3, 0.4) is 0 Å². The number of likely N-dealkylation sites (tertiary alicyclic amines) is 1. The molecule has 0 bridgehead atoms. The Kier molecular flexibility index (Phi) is 4.68. The molecule has 1 aliphatic rings. The molecule has 1 saturated heterocycles. The SMILES string of the molecule is CC1CCCN(C/C=C/c2ccccc2[N+](=O)[O-])C1. The Morgan fingerprint density at radius 1 is 1.47 bits per heavy atom. The van der Waals surface area contributed by atoms with Crippen molar-refractivity contribution in [2.24, 2.45) is 5.92 Å². The maximum Gasteiger partial charge on any atom is 0.276 e. The van der Waals surface area contributed by atoms with Gasteiger partial charge in [-0.05, 0) is 31.4 Å². The van der Waals surface area contributed by atoms with E-state index in [0.29, 0.717) is 5.56 Å². The lowest BCUT2D eigenvalue weighted by molar-refractivity contribution is -0.385. The maximum absolute atomic E-state index is 10.9. The van der Waals surface area contributed by atoms with Crippen molar-refractivity contribution in [1.82, 2.24) is 4.90 Å².